The van der Waals surface area contributed by atoms with Gasteiger partial charge in [0.15, 0.2) is 6.29 Å². The van der Waals surface area contributed by atoms with Crippen molar-refractivity contribution in [2.45, 2.75) is 0 Å². The molecule has 1 aromatic carbocycles. The van der Waals surface area contributed by atoms with Crippen LogP contribution in [0.4, 0.5) is 0 Å². The molecule has 0 unspecified atom stereocenters. The Morgan fingerprint density at radius 1 is 1.43 bits per heavy atom. The number of fused-ring (bicyclic) bond motifs is 1. The Balaban J connectivity index is 2.60. The SMILES string of the molecule is O=CC(=CO)c1nc2ccccc2s1. The summed E-state index contributed by atoms with van der Waals surface area (Å²) in [7, 11) is 0. The van der Waals surface area contributed by atoms with E-state index >= 15 is 0 Å². The Labute approximate surface area is 84.3 Å². The van der Waals surface area contributed by atoms with Crippen LogP contribution >= 0.6 is 11.3 Å². The first-order valence-corrected chi connectivity index (χ1v) is 4.82. The van der Waals surface area contributed by atoms with Gasteiger partial charge in [0.25, 0.3) is 0 Å². The molecule has 4 heteroatoms. The molecule has 0 amide bonds. The smallest absolute Gasteiger partial charge is 0.156 e. The van der Waals surface area contributed by atoms with Crippen molar-refractivity contribution in [3.05, 3.63) is 35.5 Å². The van der Waals surface area contributed by atoms with E-state index in [0.29, 0.717) is 11.3 Å². The summed E-state index contributed by atoms with van der Waals surface area (Å²) in [6, 6.07) is 7.59. The van der Waals surface area contributed by atoms with E-state index in [2.05, 4.69) is 4.98 Å². The van der Waals surface area contributed by atoms with Gasteiger partial charge in [-0.3, -0.25) is 4.79 Å². The Hall–Kier alpha value is -1.68. The quantitative estimate of drug-likeness (QED) is 0.465. The van der Waals surface area contributed by atoms with Crippen molar-refractivity contribution in [1.82, 2.24) is 4.98 Å². The second-order valence-corrected chi connectivity index (χ2v) is 3.72. The predicted molar refractivity (Wildman–Crippen MR) is 56.3 cm³/mol. The molecule has 1 aromatic heterocycles. The van der Waals surface area contributed by atoms with Crippen molar-refractivity contribution < 1.29 is 9.90 Å². The number of hydrogen-bond donors (Lipinski definition) is 1. The summed E-state index contributed by atoms with van der Waals surface area (Å²) in [5.74, 6) is 0. The van der Waals surface area contributed by atoms with Crippen molar-refractivity contribution in [3.63, 3.8) is 0 Å². The van der Waals surface area contributed by atoms with Gasteiger partial charge >= 0.3 is 0 Å². The van der Waals surface area contributed by atoms with Crippen LogP contribution in [0.1, 0.15) is 5.01 Å². The highest BCUT2D eigenvalue weighted by Gasteiger charge is 2.07. The molecule has 2 aromatic rings. The van der Waals surface area contributed by atoms with E-state index < -0.39 is 0 Å². The van der Waals surface area contributed by atoms with Gasteiger partial charge in [0.2, 0.25) is 0 Å². The van der Waals surface area contributed by atoms with E-state index in [1.165, 1.54) is 11.3 Å². The molecule has 70 valence electrons. The third-order valence-corrected chi connectivity index (χ3v) is 2.89. The number of aromatic nitrogens is 1. The minimum atomic E-state index is 0.214. The maximum absolute atomic E-state index is 10.6. The third-order valence-electron chi connectivity index (χ3n) is 1.81. The summed E-state index contributed by atoms with van der Waals surface area (Å²) in [5, 5.41) is 9.32. The van der Waals surface area contributed by atoms with E-state index in [9.17, 15) is 4.79 Å². The van der Waals surface area contributed by atoms with Gasteiger partial charge in [0.05, 0.1) is 22.1 Å². The summed E-state index contributed by atoms with van der Waals surface area (Å²) >= 11 is 1.38. The Morgan fingerprint density at radius 2 is 2.21 bits per heavy atom. The first-order chi connectivity index (χ1) is 6.85. The van der Waals surface area contributed by atoms with Gasteiger partial charge in [-0.25, -0.2) is 4.98 Å². The maximum Gasteiger partial charge on any atom is 0.156 e. The summed E-state index contributed by atoms with van der Waals surface area (Å²) in [5.41, 5.74) is 1.06. The molecular weight excluding hydrogens is 198 g/mol. The number of hydrogen-bond acceptors (Lipinski definition) is 4. The Morgan fingerprint density at radius 3 is 2.86 bits per heavy atom. The summed E-state index contributed by atoms with van der Waals surface area (Å²) in [6.45, 7) is 0. The second-order valence-electron chi connectivity index (χ2n) is 2.69. The molecule has 1 N–H and O–H groups in total. The molecular formula is C10H7NO2S. The number of carbonyl (C=O) groups excluding carboxylic acids is 1. The topological polar surface area (TPSA) is 50.2 Å². The summed E-state index contributed by atoms with van der Waals surface area (Å²) in [4.78, 5) is 14.8. The van der Waals surface area contributed by atoms with Gasteiger partial charge in [-0.1, -0.05) is 12.1 Å². The van der Waals surface area contributed by atoms with Crippen molar-refractivity contribution in [2.75, 3.05) is 0 Å². The number of rotatable bonds is 2. The molecule has 0 aliphatic carbocycles. The number of allylic oxidation sites excluding steroid dienone is 1. The third kappa shape index (κ3) is 1.40. The van der Waals surface area contributed by atoms with Crippen LogP contribution in [0, 0.1) is 0 Å². The van der Waals surface area contributed by atoms with Crippen LogP contribution in [-0.2, 0) is 4.79 Å². The molecule has 3 nitrogen and oxygen atoms in total. The maximum atomic E-state index is 10.6. The lowest BCUT2D eigenvalue weighted by Crippen LogP contribution is -1.83. The zero-order valence-electron chi connectivity index (χ0n) is 7.18. The van der Waals surface area contributed by atoms with Gasteiger partial charge in [-0.15, -0.1) is 11.3 Å². The van der Waals surface area contributed by atoms with Crippen molar-refractivity contribution >= 4 is 33.4 Å². The van der Waals surface area contributed by atoms with Crippen molar-refractivity contribution in [2.24, 2.45) is 0 Å². The molecule has 0 aliphatic rings. The lowest BCUT2D eigenvalue weighted by atomic mass is 10.3. The zero-order chi connectivity index (χ0) is 9.97. The number of nitrogens with zero attached hydrogens (tertiary/aromatic N) is 1. The average molecular weight is 205 g/mol. The molecule has 0 saturated carbocycles. The molecule has 0 atom stereocenters. The highest BCUT2D eigenvalue weighted by atomic mass is 32.1. The lowest BCUT2D eigenvalue weighted by Gasteiger charge is -1.87. The summed E-state index contributed by atoms with van der Waals surface area (Å²) in [6.07, 6.45) is 1.38. The number of para-hydroxylation sites is 1. The van der Waals surface area contributed by atoms with Crippen molar-refractivity contribution in [3.8, 4) is 0 Å². The predicted octanol–water partition coefficient (Wildman–Crippen LogP) is 2.39. The molecule has 0 fully saturated rings. The zero-order valence-corrected chi connectivity index (χ0v) is 7.99. The molecule has 2 rings (SSSR count). The van der Waals surface area contributed by atoms with Gasteiger partial charge in [0.1, 0.15) is 5.01 Å². The van der Waals surface area contributed by atoms with E-state index in [0.717, 1.165) is 16.5 Å². The molecule has 1 heterocycles. The highest BCUT2D eigenvalue weighted by molar-refractivity contribution is 7.19. The Kier molecular flexibility index (Phi) is 2.28. The fourth-order valence-corrected chi connectivity index (χ4v) is 2.07. The molecule has 0 bridgehead atoms. The number of carbonyl (C=O) groups is 1. The van der Waals surface area contributed by atoms with E-state index in [4.69, 9.17) is 5.11 Å². The number of aldehydes is 1. The average Bonchev–Trinajstić information content (AvgIpc) is 2.63. The largest absolute Gasteiger partial charge is 0.515 e. The van der Waals surface area contributed by atoms with Crippen molar-refractivity contribution in [1.29, 1.82) is 0 Å². The van der Waals surface area contributed by atoms with Crippen LogP contribution < -0.4 is 0 Å². The molecule has 14 heavy (non-hydrogen) atoms. The normalized spacial score (nSPS) is 11.9. The fourth-order valence-electron chi connectivity index (χ4n) is 1.13. The van der Waals surface area contributed by atoms with Crippen LogP contribution in [0.3, 0.4) is 0 Å². The van der Waals surface area contributed by atoms with Crippen LogP contribution in [0.5, 0.6) is 0 Å². The first-order valence-electron chi connectivity index (χ1n) is 4.00. The monoisotopic (exact) mass is 205 g/mol. The first kappa shape index (κ1) is 8.90. The van der Waals surface area contributed by atoms with Gasteiger partial charge < -0.3 is 5.11 Å². The number of aliphatic hydroxyl groups is 1. The summed E-state index contributed by atoms with van der Waals surface area (Å²) < 4.78 is 1.00. The molecule has 0 aliphatic heterocycles. The Bertz CT molecular complexity index is 469. The van der Waals surface area contributed by atoms with E-state index in [-0.39, 0.29) is 5.57 Å². The standard InChI is InChI=1S/C10H7NO2S/c12-5-7(6-13)10-11-8-3-1-2-4-9(8)14-10/h1-6,12H. The highest BCUT2D eigenvalue weighted by Crippen LogP contribution is 2.25. The van der Waals surface area contributed by atoms with E-state index in [1.54, 1.807) is 0 Å². The molecule has 0 radical (unpaired) electrons. The van der Waals surface area contributed by atoms with Crippen LogP contribution in [-0.4, -0.2) is 16.4 Å². The van der Waals surface area contributed by atoms with Crippen LogP contribution in [0.25, 0.3) is 15.8 Å². The van der Waals surface area contributed by atoms with Gasteiger partial charge in [0, 0.05) is 0 Å². The minimum absolute atomic E-state index is 0.214. The fraction of sp³-hybridized carbons (Fsp3) is 0. The van der Waals surface area contributed by atoms with Gasteiger partial charge in [-0.2, -0.15) is 0 Å². The lowest BCUT2D eigenvalue weighted by molar-refractivity contribution is -0.103. The van der Waals surface area contributed by atoms with Gasteiger partial charge in [-0.05, 0) is 12.1 Å². The molecule has 0 spiro atoms. The molecule has 0 saturated heterocycles. The number of aliphatic hydroxyl groups excluding tert-OH is 1. The van der Waals surface area contributed by atoms with Crippen LogP contribution in [0.15, 0.2) is 30.5 Å². The second kappa shape index (κ2) is 3.59. The van der Waals surface area contributed by atoms with Crippen LogP contribution in [0.2, 0.25) is 0 Å². The van der Waals surface area contributed by atoms with E-state index in [1.807, 2.05) is 24.3 Å². The minimum Gasteiger partial charge on any atom is -0.515 e. The number of thiazole rings is 1. The number of benzene rings is 1.